The molecule has 2 fully saturated rings. The zero-order chi connectivity index (χ0) is 21.4. The van der Waals surface area contributed by atoms with Crippen molar-refractivity contribution in [3.63, 3.8) is 0 Å². The Bertz CT molecular complexity index is 650. The van der Waals surface area contributed by atoms with Crippen LogP contribution in [-0.4, -0.2) is 16.5 Å². The van der Waals surface area contributed by atoms with Gasteiger partial charge in [-0.3, -0.25) is 0 Å². The molecule has 174 valence electrons. The standard InChI is InChI=1S/C23H39P2.C5H5.Fe/c1-18(24-23(2,3)4)21-16-11-17-22(21)25(19-12-7-5-8-13-19)20-14-9-6-10-15-20;1-2-4-5-3-1;/h11,16-20,24H,5-10,12-15H2,1-4H3;1-5H;/q2*-1;+2. The van der Waals surface area contributed by atoms with E-state index >= 15 is 0 Å². The first-order valence-corrected chi connectivity index (χ1v) is 15.0. The molecule has 0 aliphatic heterocycles. The molecule has 0 spiro atoms. The predicted molar refractivity (Wildman–Crippen MR) is 141 cm³/mol. The average molecular weight is 498 g/mol. The van der Waals surface area contributed by atoms with Crippen molar-refractivity contribution < 1.29 is 17.1 Å². The average Bonchev–Trinajstić information content (AvgIpc) is 3.44. The Morgan fingerprint density at radius 3 is 1.81 bits per heavy atom. The van der Waals surface area contributed by atoms with Crippen LogP contribution in [0.2, 0.25) is 0 Å². The summed E-state index contributed by atoms with van der Waals surface area (Å²) >= 11 is 0. The van der Waals surface area contributed by atoms with Gasteiger partial charge in [0.2, 0.25) is 0 Å². The fourth-order valence-corrected chi connectivity index (χ4v) is 11.4. The van der Waals surface area contributed by atoms with Crippen molar-refractivity contribution in [3.8, 4) is 0 Å². The second-order valence-corrected chi connectivity index (χ2v) is 15.8. The first kappa shape index (κ1) is 27.3. The van der Waals surface area contributed by atoms with Gasteiger partial charge in [-0.25, -0.2) is 18.2 Å². The molecule has 0 amide bonds. The van der Waals surface area contributed by atoms with Gasteiger partial charge in [0, 0.05) is 0 Å². The number of rotatable bonds is 5. The van der Waals surface area contributed by atoms with Crippen molar-refractivity contribution in [2.75, 3.05) is 0 Å². The quantitative estimate of drug-likeness (QED) is 0.219. The molecule has 2 aliphatic rings. The summed E-state index contributed by atoms with van der Waals surface area (Å²) in [5, 5.41) is 2.28. The van der Waals surface area contributed by atoms with Crippen LogP contribution in [0.1, 0.15) is 103 Å². The van der Waals surface area contributed by atoms with Crippen LogP contribution in [0.5, 0.6) is 0 Å². The fourth-order valence-electron chi connectivity index (χ4n) is 5.48. The summed E-state index contributed by atoms with van der Waals surface area (Å²) in [5.41, 5.74) is 4.52. The molecular weight excluding hydrogens is 454 g/mol. The molecule has 0 radical (unpaired) electrons. The van der Waals surface area contributed by atoms with Crippen LogP contribution in [0.25, 0.3) is 0 Å². The zero-order valence-electron chi connectivity index (χ0n) is 20.2. The molecule has 3 heteroatoms. The maximum atomic E-state index is 2.55. The van der Waals surface area contributed by atoms with Gasteiger partial charge in [-0.15, -0.1) is 13.9 Å². The normalized spacial score (nSPS) is 19.8. The summed E-state index contributed by atoms with van der Waals surface area (Å²) in [5.74, 6) is 0. The van der Waals surface area contributed by atoms with Crippen LogP contribution >= 0.6 is 16.5 Å². The molecule has 2 atom stereocenters. The Balaban J connectivity index is 0.000000501. The summed E-state index contributed by atoms with van der Waals surface area (Å²) < 4.78 is 0. The SMILES string of the molecule is CC(PC(C)(C)C)c1cc[cH-]c1P(C1CCCCC1)C1CCCCC1.[Fe+2].c1cc[cH-]c1. The second kappa shape index (κ2) is 13.7. The van der Waals surface area contributed by atoms with Crippen molar-refractivity contribution in [3.05, 3.63) is 54.1 Å². The zero-order valence-corrected chi connectivity index (χ0v) is 23.2. The van der Waals surface area contributed by atoms with E-state index in [1.54, 1.807) is 5.56 Å². The van der Waals surface area contributed by atoms with Gasteiger partial charge < -0.3 is 0 Å². The Labute approximate surface area is 206 Å². The first-order chi connectivity index (χ1) is 14.5. The summed E-state index contributed by atoms with van der Waals surface area (Å²) in [6.45, 7) is 9.73. The van der Waals surface area contributed by atoms with E-state index in [1.165, 1.54) is 64.2 Å². The van der Waals surface area contributed by atoms with Crippen molar-refractivity contribution in [1.29, 1.82) is 0 Å². The van der Waals surface area contributed by atoms with E-state index in [0.29, 0.717) is 5.16 Å². The topological polar surface area (TPSA) is 0 Å². The van der Waals surface area contributed by atoms with E-state index in [-0.39, 0.29) is 25.0 Å². The third-order valence-corrected chi connectivity index (χ3v) is 11.9. The molecule has 31 heavy (non-hydrogen) atoms. The molecular formula is C28H44FeP2. The molecule has 0 saturated heterocycles. The predicted octanol–water partition coefficient (Wildman–Crippen LogP) is 9.12. The minimum Gasteiger partial charge on any atom is -0.214 e. The molecule has 0 aromatic heterocycles. The van der Waals surface area contributed by atoms with Crippen LogP contribution in [0.3, 0.4) is 0 Å². The van der Waals surface area contributed by atoms with Crippen LogP contribution in [0, 0.1) is 0 Å². The van der Waals surface area contributed by atoms with E-state index in [4.69, 9.17) is 0 Å². The van der Waals surface area contributed by atoms with E-state index < -0.39 is 0 Å². The molecule has 0 N–H and O–H groups in total. The number of hydrogen-bond acceptors (Lipinski definition) is 0. The van der Waals surface area contributed by atoms with Gasteiger partial charge >= 0.3 is 17.1 Å². The second-order valence-electron chi connectivity index (χ2n) is 10.4. The molecule has 2 unspecified atom stereocenters. The summed E-state index contributed by atoms with van der Waals surface area (Å²) in [7, 11) is 1.08. The molecule has 2 aromatic rings. The maximum absolute atomic E-state index is 2.55. The van der Waals surface area contributed by atoms with E-state index in [2.05, 4.69) is 45.9 Å². The van der Waals surface area contributed by atoms with Crippen LogP contribution in [0.4, 0.5) is 0 Å². The third kappa shape index (κ3) is 8.74. The Morgan fingerprint density at radius 2 is 1.39 bits per heavy atom. The van der Waals surface area contributed by atoms with Gasteiger partial charge in [-0.2, -0.15) is 35.9 Å². The third-order valence-electron chi connectivity index (χ3n) is 6.71. The first-order valence-electron chi connectivity index (χ1n) is 12.4. The van der Waals surface area contributed by atoms with Crippen molar-refractivity contribution in [1.82, 2.24) is 0 Å². The van der Waals surface area contributed by atoms with E-state index in [9.17, 15) is 0 Å². The molecule has 2 aromatic carbocycles. The molecule has 2 aliphatic carbocycles. The Morgan fingerprint density at radius 1 is 0.871 bits per heavy atom. The fraction of sp³-hybridized carbons (Fsp3) is 0.643. The van der Waals surface area contributed by atoms with Gasteiger partial charge in [0.05, 0.1) is 0 Å². The van der Waals surface area contributed by atoms with Gasteiger partial charge in [0.1, 0.15) is 0 Å². The van der Waals surface area contributed by atoms with E-state index in [1.807, 2.05) is 35.6 Å². The molecule has 0 bridgehead atoms. The minimum absolute atomic E-state index is 0. The molecule has 0 nitrogen and oxygen atoms in total. The summed E-state index contributed by atoms with van der Waals surface area (Å²) in [4.78, 5) is 0. The van der Waals surface area contributed by atoms with E-state index in [0.717, 1.165) is 25.6 Å². The monoisotopic (exact) mass is 498 g/mol. The number of hydrogen-bond donors (Lipinski definition) is 0. The largest absolute Gasteiger partial charge is 2.00 e. The summed E-state index contributed by atoms with van der Waals surface area (Å²) in [6, 6.07) is 17.4. The molecule has 0 heterocycles. The van der Waals surface area contributed by atoms with Crippen LogP contribution in [-0.2, 0) is 17.1 Å². The van der Waals surface area contributed by atoms with Crippen LogP contribution < -0.4 is 5.30 Å². The summed E-state index contributed by atoms with van der Waals surface area (Å²) in [6.07, 6.45) is 15.0. The maximum Gasteiger partial charge on any atom is 2.00 e. The van der Waals surface area contributed by atoms with Gasteiger partial charge in [0.25, 0.3) is 0 Å². The van der Waals surface area contributed by atoms with Gasteiger partial charge in [0.15, 0.2) is 0 Å². The van der Waals surface area contributed by atoms with Gasteiger partial charge in [-0.05, 0) is 42.2 Å². The van der Waals surface area contributed by atoms with Crippen molar-refractivity contribution in [2.45, 2.75) is 114 Å². The molecule has 4 rings (SSSR count). The van der Waals surface area contributed by atoms with Crippen molar-refractivity contribution >= 4 is 21.8 Å². The minimum atomic E-state index is 0. The molecule has 2 saturated carbocycles. The Kier molecular flexibility index (Phi) is 12.1. The smallest absolute Gasteiger partial charge is 0.214 e. The Hall–Kier alpha value is 0.0795. The van der Waals surface area contributed by atoms with Crippen LogP contribution in [0.15, 0.2) is 48.5 Å². The van der Waals surface area contributed by atoms with Gasteiger partial charge in [-0.1, -0.05) is 79.8 Å². The van der Waals surface area contributed by atoms with Crippen molar-refractivity contribution in [2.24, 2.45) is 0 Å².